The molecule has 0 saturated carbocycles. The molecule has 1 aromatic rings. The van der Waals surface area contributed by atoms with Crippen molar-refractivity contribution in [2.24, 2.45) is 5.92 Å². The van der Waals surface area contributed by atoms with E-state index in [2.05, 4.69) is 39.8 Å². The number of hydrogen-bond acceptors (Lipinski definition) is 1. The first-order valence-electron chi connectivity index (χ1n) is 7.78. The molecular weight excluding hydrogens is 232 g/mol. The molecule has 108 valence electrons. The minimum absolute atomic E-state index is 0.179. The molecule has 0 aromatic heterocycles. The Morgan fingerprint density at radius 3 is 2.16 bits per heavy atom. The van der Waals surface area contributed by atoms with Crippen molar-refractivity contribution in [3.8, 4) is 5.75 Å². The molecule has 0 heterocycles. The van der Waals surface area contributed by atoms with Gasteiger partial charge in [-0.2, -0.15) is 0 Å². The summed E-state index contributed by atoms with van der Waals surface area (Å²) >= 11 is 0. The van der Waals surface area contributed by atoms with Gasteiger partial charge in [-0.15, -0.1) is 0 Å². The molecule has 0 aliphatic heterocycles. The van der Waals surface area contributed by atoms with Crippen LogP contribution in [0.1, 0.15) is 71.8 Å². The number of benzene rings is 1. The maximum Gasteiger partial charge on any atom is 0.115 e. The lowest BCUT2D eigenvalue weighted by Crippen LogP contribution is -2.26. The highest BCUT2D eigenvalue weighted by molar-refractivity contribution is 5.31. The van der Waals surface area contributed by atoms with Gasteiger partial charge < -0.3 is 5.11 Å². The van der Waals surface area contributed by atoms with E-state index in [1.54, 1.807) is 12.1 Å². The van der Waals surface area contributed by atoms with Crippen LogP contribution >= 0.6 is 0 Å². The molecule has 1 atom stereocenters. The lowest BCUT2D eigenvalue weighted by atomic mass is 9.72. The summed E-state index contributed by atoms with van der Waals surface area (Å²) in [5, 5.41) is 9.38. The van der Waals surface area contributed by atoms with Gasteiger partial charge in [0.2, 0.25) is 0 Å². The fraction of sp³-hybridized carbons (Fsp3) is 0.667. The summed E-state index contributed by atoms with van der Waals surface area (Å²) in [6, 6.07) is 7.71. The van der Waals surface area contributed by atoms with Gasteiger partial charge in [-0.3, -0.25) is 0 Å². The topological polar surface area (TPSA) is 20.2 Å². The molecule has 0 radical (unpaired) electrons. The molecule has 0 spiro atoms. The molecule has 1 nitrogen and oxygen atoms in total. The molecule has 0 saturated heterocycles. The fourth-order valence-electron chi connectivity index (χ4n) is 2.59. The third-order valence-electron chi connectivity index (χ3n) is 4.58. The maximum absolute atomic E-state index is 9.38. The zero-order chi connectivity index (χ0) is 14.3. The van der Waals surface area contributed by atoms with Crippen molar-refractivity contribution in [2.45, 2.75) is 71.6 Å². The van der Waals surface area contributed by atoms with E-state index in [9.17, 15) is 5.11 Å². The molecule has 0 aliphatic carbocycles. The molecular formula is C18H30O. The Bertz CT molecular complexity index is 350. The Labute approximate surface area is 119 Å². The van der Waals surface area contributed by atoms with Gasteiger partial charge >= 0.3 is 0 Å². The lowest BCUT2D eigenvalue weighted by Gasteiger charge is -2.32. The van der Waals surface area contributed by atoms with E-state index >= 15 is 0 Å². The lowest BCUT2D eigenvalue weighted by molar-refractivity contribution is 0.313. The zero-order valence-electron chi connectivity index (χ0n) is 13.1. The molecule has 0 fully saturated rings. The summed E-state index contributed by atoms with van der Waals surface area (Å²) < 4.78 is 0. The van der Waals surface area contributed by atoms with Crippen LogP contribution < -0.4 is 0 Å². The third-order valence-corrected chi connectivity index (χ3v) is 4.58. The summed E-state index contributed by atoms with van der Waals surface area (Å²) in [4.78, 5) is 0. The van der Waals surface area contributed by atoms with Crippen LogP contribution in [0, 0.1) is 5.92 Å². The largest absolute Gasteiger partial charge is 0.508 e. The van der Waals surface area contributed by atoms with E-state index < -0.39 is 0 Å². The van der Waals surface area contributed by atoms with Crippen LogP contribution in [-0.4, -0.2) is 5.11 Å². The van der Waals surface area contributed by atoms with Crippen molar-refractivity contribution in [2.75, 3.05) is 0 Å². The average Bonchev–Trinajstić information content (AvgIpc) is 2.38. The highest BCUT2D eigenvalue weighted by Gasteiger charge is 2.27. The van der Waals surface area contributed by atoms with E-state index in [0.29, 0.717) is 11.7 Å². The quantitative estimate of drug-likeness (QED) is 0.599. The Balaban J connectivity index is 2.49. The van der Waals surface area contributed by atoms with Crippen LogP contribution in [-0.2, 0) is 5.41 Å². The molecule has 19 heavy (non-hydrogen) atoms. The van der Waals surface area contributed by atoms with E-state index in [1.165, 1.54) is 44.1 Å². The van der Waals surface area contributed by atoms with Crippen LogP contribution in [0.5, 0.6) is 5.75 Å². The molecule has 1 N–H and O–H groups in total. The molecule has 1 rings (SSSR count). The van der Waals surface area contributed by atoms with Crippen molar-refractivity contribution in [3.63, 3.8) is 0 Å². The Morgan fingerprint density at radius 2 is 1.58 bits per heavy atom. The number of unbranched alkanes of at least 4 members (excludes halogenated alkanes) is 4. The number of rotatable bonds is 8. The molecule has 1 aromatic carbocycles. The highest BCUT2D eigenvalue weighted by Crippen LogP contribution is 2.35. The number of phenols is 1. The number of phenolic OH excluding ortho intramolecular Hbond substituents is 1. The second kappa shape index (κ2) is 7.57. The van der Waals surface area contributed by atoms with Crippen molar-refractivity contribution in [1.29, 1.82) is 0 Å². The molecule has 0 aliphatic rings. The zero-order valence-corrected chi connectivity index (χ0v) is 13.1. The van der Waals surface area contributed by atoms with Crippen LogP contribution in [0.2, 0.25) is 0 Å². The van der Waals surface area contributed by atoms with E-state index in [0.717, 1.165) is 0 Å². The van der Waals surface area contributed by atoms with Gasteiger partial charge in [0, 0.05) is 0 Å². The first kappa shape index (κ1) is 16.1. The van der Waals surface area contributed by atoms with Crippen molar-refractivity contribution in [1.82, 2.24) is 0 Å². The first-order valence-corrected chi connectivity index (χ1v) is 7.78. The van der Waals surface area contributed by atoms with Crippen molar-refractivity contribution in [3.05, 3.63) is 29.8 Å². The summed E-state index contributed by atoms with van der Waals surface area (Å²) in [5.41, 5.74) is 1.50. The van der Waals surface area contributed by atoms with Gasteiger partial charge in [0.25, 0.3) is 0 Å². The summed E-state index contributed by atoms with van der Waals surface area (Å²) in [6.45, 7) is 9.25. The minimum atomic E-state index is 0.179. The van der Waals surface area contributed by atoms with Crippen LogP contribution in [0.15, 0.2) is 24.3 Å². The third kappa shape index (κ3) is 4.89. The van der Waals surface area contributed by atoms with E-state index in [1.807, 2.05) is 0 Å². The van der Waals surface area contributed by atoms with Crippen LogP contribution in [0.4, 0.5) is 0 Å². The highest BCUT2D eigenvalue weighted by atomic mass is 16.3. The monoisotopic (exact) mass is 262 g/mol. The Morgan fingerprint density at radius 1 is 1.00 bits per heavy atom. The van der Waals surface area contributed by atoms with Gasteiger partial charge in [-0.05, 0) is 35.4 Å². The normalized spacial score (nSPS) is 13.5. The predicted molar refractivity (Wildman–Crippen MR) is 83.7 cm³/mol. The van der Waals surface area contributed by atoms with Crippen LogP contribution in [0.25, 0.3) is 0 Å². The van der Waals surface area contributed by atoms with Crippen molar-refractivity contribution >= 4 is 0 Å². The number of hydrogen-bond donors (Lipinski definition) is 1. The maximum atomic E-state index is 9.38. The molecule has 1 unspecified atom stereocenters. The Hall–Kier alpha value is -0.980. The second-order valence-corrected chi connectivity index (χ2v) is 6.37. The van der Waals surface area contributed by atoms with Gasteiger partial charge in [-0.25, -0.2) is 0 Å². The molecule has 0 amide bonds. The summed E-state index contributed by atoms with van der Waals surface area (Å²) in [7, 11) is 0. The Kier molecular flexibility index (Phi) is 6.41. The smallest absolute Gasteiger partial charge is 0.115 e. The van der Waals surface area contributed by atoms with Gasteiger partial charge in [-0.1, -0.05) is 71.9 Å². The van der Waals surface area contributed by atoms with Gasteiger partial charge in [0.1, 0.15) is 5.75 Å². The minimum Gasteiger partial charge on any atom is -0.508 e. The molecule has 1 heteroatoms. The second-order valence-electron chi connectivity index (χ2n) is 6.37. The SMILES string of the molecule is CCCCCCCC(C)C(C)(C)c1ccc(O)cc1. The summed E-state index contributed by atoms with van der Waals surface area (Å²) in [6.07, 6.45) is 8.05. The summed E-state index contributed by atoms with van der Waals surface area (Å²) in [5.74, 6) is 1.02. The number of aromatic hydroxyl groups is 1. The average molecular weight is 262 g/mol. The van der Waals surface area contributed by atoms with E-state index in [4.69, 9.17) is 0 Å². The van der Waals surface area contributed by atoms with Crippen molar-refractivity contribution < 1.29 is 5.11 Å². The standard InChI is InChI=1S/C18H30O/c1-5-6-7-8-9-10-15(2)18(3,4)16-11-13-17(19)14-12-16/h11-15,19H,5-10H2,1-4H3. The first-order chi connectivity index (χ1) is 8.98. The fourth-order valence-corrected chi connectivity index (χ4v) is 2.59. The van der Waals surface area contributed by atoms with Gasteiger partial charge in [0.05, 0.1) is 0 Å². The van der Waals surface area contributed by atoms with Gasteiger partial charge in [0.15, 0.2) is 0 Å². The van der Waals surface area contributed by atoms with E-state index in [-0.39, 0.29) is 5.41 Å². The predicted octanol–water partition coefficient (Wildman–Crippen LogP) is 5.67. The van der Waals surface area contributed by atoms with Crippen LogP contribution in [0.3, 0.4) is 0 Å². The molecule has 0 bridgehead atoms.